The quantitative estimate of drug-likeness (QED) is 0.572. The minimum Gasteiger partial charge on any atom is -0.481 e. The SMILES string of the molecule is O=C(O)CCCCNC(=O)C1CC(c2ccc(Cl)cc2)NN1. The van der Waals surface area contributed by atoms with Gasteiger partial charge in [0.25, 0.3) is 0 Å². The van der Waals surface area contributed by atoms with Gasteiger partial charge in [-0.05, 0) is 37.0 Å². The summed E-state index contributed by atoms with van der Waals surface area (Å²) < 4.78 is 0. The molecule has 4 N–H and O–H groups in total. The number of amides is 1. The Kier molecular flexibility index (Phi) is 6.18. The molecular weight excluding hydrogens is 306 g/mol. The van der Waals surface area contributed by atoms with Crippen LogP contribution in [0.5, 0.6) is 0 Å². The van der Waals surface area contributed by atoms with E-state index in [1.807, 2.05) is 24.3 Å². The fraction of sp³-hybridized carbons (Fsp3) is 0.467. The van der Waals surface area contributed by atoms with E-state index in [0.29, 0.717) is 30.8 Å². The van der Waals surface area contributed by atoms with Crippen molar-refractivity contribution in [3.63, 3.8) is 0 Å². The number of hydrogen-bond donors (Lipinski definition) is 4. The molecule has 2 rings (SSSR count). The third-order valence-electron chi connectivity index (χ3n) is 3.61. The maximum atomic E-state index is 12.0. The van der Waals surface area contributed by atoms with Crippen molar-refractivity contribution in [2.45, 2.75) is 37.8 Å². The van der Waals surface area contributed by atoms with Gasteiger partial charge in [0.15, 0.2) is 0 Å². The normalized spacial score (nSPS) is 20.8. The summed E-state index contributed by atoms with van der Waals surface area (Å²) in [7, 11) is 0. The van der Waals surface area contributed by atoms with Gasteiger partial charge in [-0.3, -0.25) is 9.59 Å². The second-order valence-corrected chi connectivity index (χ2v) is 5.76. The Morgan fingerprint density at radius 2 is 1.95 bits per heavy atom. The van der Waals surface area contributed by atoms with Crippen molar-refractivity contribution in [3.05, 3.63) is 34.9 Å². The largest absolute Gasteiger partial charge is 0.481 e. The highest BCUT2D eigenvalue weighted by molar-refractivity contribution is 6.30. The molecule has 0 aromatic heterocycles. The Balaban J connectivity index is 1.72. The highest BCUT2D eigenvalue weighted by Gasteiger charge is 2.29. The summed E-state index contributed by atoms with van der Waals surface area (Å²) in [6.07, 6.45) is 2.03. The van der Waals surface area contributed by atoms with Gasteiger partial charge in [-0.25, -0.2) is 10.9 Å². The molecule has 0 spiro atoms. The molecule has 1 aromatic rings. The van der Waals surface area contributed by atoms with E-state index in [0.717, 1.165) is 5.56 Å². The Hall–Kier alpha value is -1.63. The fourth-order valence-corrected chi connectivity index (χ4v) is 2.50. The van der Waals surface area contributed by atoms with E-state index in [-0.39, 0.29) is 24.4 Å². The van der Waals surface area contributed by atoms with Crippen molar-refractivity contribution in [1.82, 2.24) is 16.2 Å². The number of nitrogens with one attached hydrogen (secondary N) is 3. The molecule has 1 aliphatic rings. The Morgan fingerprint density at radius 1 is 1.23 bits per heavy atom. The number of unbranched alkanes of at least 4 members (excludes halogenated alkanes) is 1. The highest BCUT2D eigenvalue weighted by Crippen LogP contribution is 2.23. The zero-order valence-electron chi connectivity index (χ0n) is 12.1. The molecule has 1 aromatic carbocycles. The maximum Gasteiger partial charge on any atom is 0.303 e. The average molecular weight is 326 g/mol. The summed E-state index contributed by atoms with van der Waals surface area (Å²) in [5.41, 5.74) is 7.18. The summed E-state index contributed by atoms with van der Waals surface area (Å²) in [4.78, 5) is 22.4. The van der Waals surface area contributed by atoms with Gasteiger partial charge in [0, 0.05) is 24.0 Å². The highest BCUT2D eigenvalue weighted by atomic mass is 35.5. The van der Waals surface area contributed by atoms with Crippen LogP contribution in [0.1, 0.15) is 37.3 Å². The van der Waals surface area contributed by atoms with E-state index in [4.69, 9.17) is 16.7 Å². The van der Waals surface area contributed by atoms with Crippen LogP contribution in [0.15, 0.2) is 24.3 Å². The zero-order valence-corrected chi connectivity index (χ0v) is 12.9. The van der Waals surface area contributed by atoms with Gasteiger partial charge >= 0.3 is 5.97 Å². The molecule has 1 saturated heterocycles. The van der Waals surface area contributed by atoms with E-state index in [2.05, 4.69) is 16.2 Å². The van der Waals surface area contributed by atoms with Gasteiger partial charge in [0.05, 0.1) is 0 Å². The second-order valence-electron chi connectivity index (χ2n) is 5.32. The maximum absolute atomic E-state index is 12.0. The van der Waals surface area contributed by atoms with E-state index in [1.165, 1.54) is 0 Å². The molecule has 0 aliphatic carbocycles. The first-order chi connectivity index (χ1) is 10.6. The van der Waals surface area contributed by atoms with E-state index >= 15 is 0 Å². The Morgan fingerprint density at radius 3 is 2.64 bits per heavy atom. The smallest absolute Gasteiger partial charge is 0.303 e. The Labute approximate surface area is 134 Å². The van der Waals surface area contributed by atoms with Crippen molar-refractivity contribution in [1.29, 1.82) is 0 Å². The first-order valence-electron chi connectivity index (χ1n) is 7.32. The summed E-state index contributed by atoms with van der Waals surface area (Å²) >= 11 is 5.86. The first-order valence-corrected chi connectivity index (χ1v) is 7.70. The van der Waals surface area contributed by atoms with Crippen LogP contribution in [0.25, 0.3) is 0 Å². The molecule has 1 aliphatic heterocycles. The molecule has 1 heterocycles. The summed E-state index contributed by atoms with van der Waals surface area (Å²) in [6, 6.07) is 7.31. The predicted molar refractivity (Wildman–Crippen MR) is 83.4 cm³/mol. The van der Waals surface area contributed by atoms with Crippen LogP contribution in [0.4, 0.5) is 0 Å². The topological polar surface area (TPSA) is 90.5 Å². The second kappa shape index (κ2) is 8.12. The lowest BCUT2D eigenvalue weighted by atomic mass is 10.0. The minimum atomic E-state index is -0.807. The van der Waals surface area contributed by atoms with Crippen molar-refractivity contribution >= 4 is 23.5 Å². The van der Waals surface area contributed by atoms with Crippen LogP contribution >= 0.6 is 11.6 Å². The third-order valence-corrected chi connectivity index (χ3v) is 3.86. The summed E-state index contributed by atoms with van der Waals surface area (Å²) in [5.74, 6) is -0.877. The monoisotopic (exact) mass is 325 g/mol. The van der Waals surface area contributed by atoms with Crippen molar-refractivity contribution < 1.29 is 14.7 Å². The number of benzene rings is 1. The van der Waals surface area contributed by atoms with Crippen LogP contribution in [0.2, 0.25) is 5.02 Å². The number of hydrogen-bond acceptors (Lipinski definition) is 4. The van der Waals surface area contributed by atoms with Gasteiger partial charge < -0.3 is 10.4 Å². The van der Waals surface area contributed by atoms with E-state index < -0.39 is 5.97 Å². The third kappa shape index (κ3) is 4.98. The van der Waals surface area contributed by atoms with Gasteiger partial charge in [-0.2, -0.15) is 0 Å². The molecule has 0 radical (unpaired) electrons. The number of carbonyl (C=O) groups excluding carboxylic acids is 1. The first kappa shape index (κ1) is 16.7. The average Bonchev–Trinajstić information content (AvgIpc) is 2.97. The number of carboxylic acid groups (broad SMARTS) is 1. The van der Waals surface area contributed by atoms with Gasteiger partial charge in [0.1, 0.15) is 6.04 Å². The van der Waals surface area contributed by atoms with Crippen LogP contribution in [0, 0.1) is 0 Å². The molecule has 2 unspecified atom stereocenters. The summed E-state index contributed by atoms with van der Waals surface area (Å²) in [5, 5.41) is 12.0. The molecule has 1 amide bonds. The van der Waals surface area contributed by atoms with Gasteiger partial charge in [-0.15, -0.1) is 0 Å². The molecule has 2 atom stereocenters. The molecule has 7 heteroatoms. The lowest BCUT2D eigenvalue weighted by molar-refractivity contribution is -0.137. The number of aliphatic carboxylic acids is 1. The predicted octanol–water partition coefficient (Wildman–Crippen LogP) is 1.62. The van der Waals surface area contributed by atoms with Crippen molar-refractivity contribution in [2.75, 3.05) is 6.54 Å². The number of hydrazine groups is 1. The molecule has 0 saturated carbocycles. The number of carbonyl (C=O) groups is 2. The van der Waals surface area contributed by atoms with Gasteiger partial charge in [-0.1, -0.05) is 23.7 Å². The lowest BCUT2D eigenvalue weighted by Crippen LogP contribution is -2.43. The number of carboxylic acids is 1. The van der Waals surface area contributed by atoms with E-state index in [9.17, 15) is 9.59 Å². The zero-order chi connectivity index (χ0) is 15.9. The van der Waals surface area contributed by atoms with Crippen LogP contribution in [-0.2, 0) is 9.59 Å². The van der Waals surface area contributed by atoms with Crippen LogP contribution in [-0.4, -0.2) is 29.6 Å². The van der Waals surface area contributed by atoms with Crippen molar-refractivity contribution in [3.8, 4) is 0 Å². The lowest BCUT2D eigenvalue weighted by Gasteiger charge is -2.10. The molecule has 0 bridgehead atoms. The standard InChI is InChI=1S/C15H20ClN3O3/c16-11-6-4-10(5-7-11)12-9-13(19-18-12)15(22)17-8-2-1-3-14(20)21/h4-7,12-13,18-19H,1-3,8-9H2,(H,17,22)(H,20,21). The molecule has 22 heavy (non-hydrogen) atoms. The van der Waals surface area contributed by atoms with Gasteiger partial charge in [0.2, 0.25) is 5.91 Å². The Bertz CT molecular complexity index is 521. The van der Waals surface area contributed by atoms with Crippen LogP contribution in [0.3, 0.4) is 0 Å². The van der Waals surface area contributed by atoms with E-state index in [1.54, 1.807) is 0 Å². The fourth-order valence-electron chi connectivity index (χ4n) is 2.38. The van der Waals surface area contributed by atoms with Crippen molar-refractivity contribution in [2.24, 2.45) is 0 Å². The number of halogens is 1. The molecule has 120 valence electrons. The summed E-state index contributed by atoms with van der Waals surface area (Å²) in [6.45, 7) is 0.496. The molecular formula is C15H20ClN3O3. The molecule has 1 fully saturated rings. The van der Waals surface area contributed by atoms with Crippen LogP contribution < -0.4 is 16.2 Å². The number of rotatable bonds is 7. The molecule has 6 nitrogen and oxygen atoms in total. The minimum absolute atomic E-state index is 0.0695.